The maximum absolute atomic E-state index is 5.70. The van der Waals surface area contributed by atoms with Crippen LogP contribution in [-0.2, 0) is 0 Å². The average molecular weight is 183 g/mol. The molecule has 12 heavy (non-hydrogen) atoms. The molecule has 0 spiro atoms. The summed E-state index contributed by atoms with van der Waals surface area (Å²) in [6.07, 6.45) is 0. The molecule has 0 aliphatic heterocycles. The minimum Gasteiger partial charge on any atom is -0.382 e. The predicted molar refractivity (Wildman–Crippen MR) is 47.1 cm³/mol. The standard InChI is InChI=1S/C7H7ClN4/c1-4-7(9)10-6-3-2-5(8)11-12(4)6/h2-3H,9H2,1H3. The summed E-state index contributed by atoms with van der Waals surface area (Å²) in [6, 6.07) is 3.46. The number of hydrogen-bond donors (Lipinski definition) is 1. The summed E-state index contributed by atoms with van der Waals surface area (Å²) in [7, 11) is 0. The zero-order chi connectivity index (χ0) is 8.72. The van der Waals surface area contributed by atoms with Crippen LogP contribution in [0.3, 0.4) is 0 Å². The van der Waals surface area contributed by atoms with E-state index < -0.39 is 0 Å². The molecule has 0 aliphatic carbocycles. The topological polar surface area (TPSA) is 56.2 Å². The molecule has 0 atom stereocenters. The predicted octanol–water partition coefficient (Wildman–Crippen LogP) is 1.27. The van der Waals surface area contributed by atoms with Crippen molar-refractivity contribution in [3.05, 3.63) is 23.0 Å². The van der Waals surface area contributed by atoms with Crippen LogP contribution in [0.2, 0.25) is 5.15 Å². The number of fused-ring (bicyclic) bond motifs is 1. The Morgan fingerprint density at radius 1 is 1.50 bits per heavy atom. The second kappa shape index (κ2) is 2.35. The summed E-state index contributed by atoms with van der Waals surface area (Å²) >= 11 is 5.70. The van der Waals surface area contributed by atoms with Gasteiger partial charge in [-0.1, -0.05) is 11.6 Å². The Morgan fingerprint density at radius 2 is 2.25 bits per heavy atom. The molecule has 4 nitrogen and oxygen atoms in total. The molecule has 0 aliphatic rings. The smallest absolute Gasteiger partial charge is 0.156 e. The van der Waals surface area contributed by atoms with Gasteiger partial charge in [0.05, 0.1) is 5.69 Å². The van der Waals surface area contributed by atoms with E-state index in [1.54, 1.807) is 16.6 Å². The van der Waals surface area contributed by atoms with Crippen LogP contribution in [0.15, 0.2) is 12.1 Å². The molecule has 0 unspecified atom stereocenters. The summed E-state index contributed by atoms with van der Waals surface area (Å²) in [4.78, 5) is 4.07. The highest BCUT2D eigenvalue weighted by molar-refractivity contribution is 6.29. The first-order valence-corrected chi connectivity index (χ1v) is 3.83. The van der Waals surface area contributed by atoms with Crippen molar-refractivity contribution in [3.63, 3.8) is 0 Å². The molecule has 0 saturated carbocycles. The van der Waals surface area contributed by atoms with E-state index in [0.717, 1.165) is 11.3 Å². The normalized spacial score (nSPS) is 10.8. The van der Waals surface area contributed by atoms with Gasteiger partial charge in [0.1, 0.15) is 11.0 Å². The number of nitrogen functional groups attached to an aromatic ring is 1. The summed E-state index contributed by atoms with van der Waals surface area (Å²) in [5.41, 5.74) is 7.12. The lowest BCUT2D eigenvalue weighted by Crippen LogP contribution is -1.94. The Bertz CT molecular complexity index is 434. The highest BCUT2D eigenvalue weighted by Crippen LogP contribution is 2.13. The minimum absolute atomic E-state index is 0.433. The maximum Gasteiger partial charge on any atom is 0.156 e. The molecule has 5 heteroatoms. The van der Waals surface area contributed by atoms with Crippen LogP contribution in [0.25, 0.3) is 5.65 Å². The zero-order valence-corrected chi connectivity index (χ0v) is 7.21. The van der Waals surface area contributed by atoms with Gasteiger partial charge in [-0.2, -0.15) is 5.10 Å². The fourth-order valence-corrected chi connectivity index (χ4v) is 1.18. The number of hydrogen-bond acceptors (Lipinski definition) is 3. The van der Waals surface area contributed by atoms with Crippen LogP contribution in [0.4, 0.5) is 5.82 Å². The van der Waals surface area contributed by atoms with Crippen molar-refractivity contribution in [1.29, 1.82) is 0 Å². The lowest BCUT2D eigenvalue weighted by Gasteiger charge is -1.93. The Labute approximate surface area is 74.0 Å². The molecule has 2 N–H and O–H groups in total. The number of nitrogens with two attached hydrogens (primary N) is 1. The van der Waals surface area contributed by atoms with Crippen LogP contribution in [-0.4, -0.2) is 14.6 Å². The summed E-state index contributed by atoms with van der Waals surface area (Å²) < 4.78 is 1.62. The molecule has 2 rings (SSSR count). The SMILES string of the molecule is Cc1c(N)nc2ccc(Cl)nn12. The van der Waals surface area contributed by atoms with E-state index in [1.807, 2.05) is 6.92 Å². The molecule has 0 radical (unpaired) electrons. The van der Waals surface area contributed by atoms with Crippen molar-refractivity contribution in [3.8, 4) is 0 Å². The van der Waals surface area contributed by atoms with Gasteiger partial charge in [-0.15, -0.1) is 0 Å². The van der Waals surface area contributed by atoms with Crippen LogP contribution < -0.4 is 5.73 Å². The van der Waals surface area contributed by atoms with Gasteiger partial charge in [0, 0.05) is 0 Å². The Morgan fingerprint density at radius 3 is 3.00 bits per heavy atom. The lowest BCUT2D eigenvalue weighted by molar-refractivity contribution is 0.901. The molecule has 2 aromatic rings. The molecule has 0 saturated heterocycles. The van der Waals surface area contributed by atoms with Crippen LogP contribution >= 0.6 is 11.6 Å². The second-order valence-electron chi connectivity index (χ2n) is 2.51. The average Bonchev–Trinajstić information content (AvgIpc) is 2.31. The third-order valence-corrected chi connectivity index (χ3v) is 1.91. The van der Waals surface area contributed by atoms with Crippen molar-refractivity contribution in [2.24, 2.45) is 0 Å². The van der Waals surface area contributed by atoms with Gasteiger partial charge in [0.25, 0.3) is 0 Å². The molecular formula is C7H7ClN4. The third-order valence-electron chi connectivity index (χ3n) is 1.71. The Kier molecular flexibility index (Phi) is 1.44. The van der Waals surface area contributed by atoms with E-state index >= 15 is 0 Å². The molecule has 0 amide bonds. The largest absolute Gasteiger partial charge is 0.382 e. The summed E-state index contributed by atoms with van der Waals surface area (Å²) in [5, 5.41) is 4.47. The molecule has 0 fully saturated rings. The van der Waals surface area contributed by atoms with Gasteiger partial charge in [-0.25, -0.2) is 9.50 Å². The van der Waals surface area contributed by atoms with E-state index in [0.29, 0.717) is 11.0 Å². The minimum atomic E-state index is 0.433. The number of anilines is 1. The van der Waals surface area contributed by atoms with Crippen LogP contribution in [0, 0.1) is 6.92 Å². The highest BCUT2D eigenvalue weighted by Gasteiger charge is 2.05. The lowest BCUT2D eigenvalue weighted by atomic mass is 10.5. The first-order valence-electron chi connectivity index (χ1n) is 3.46. The molecular weight excluding hydrogens is 176 g/mol. The van der Waals surface area contributed by atoms with Crippen molar-refractivity contribution < 1.29 is 0 Å². The highest BCUT2D eigenvalue weighted by atomic mass is 35.5. The quantitative estimate of drug-likeness (QED) is 0.668. The maximum atomic E-state index is 5.70. The fraction of sp³-hybridized carbons (Fsp3) is 0.143. The van der Waals surface area contributed by atoms with Crippen molar-refractivity contribution in [2.75, 3.05) is 5.73 Å². The van der Waals surface area contributed by atoms with E-state index in [4.69, 9.17) is 17.3 Å². The number of imidazole rings is 1. The monoisotopic (exact) mass is 182 g/mol. The number of aryl methyl sites for hydroxylation is 1. The second-order valence-corrected chi connectivity index (χ2v) is 2.90. The van der Waals surface area contributed by atoms with Gasteiger partial charge < -0.3 is 5.73 Å². The molecule has 0 aromatic carbocycles. The van der Waals surface area contributed by atoms with Gasteiger partial charge in [0.15, 0.2) is 5.65 Å². The molecule has 2 aromatic heterocycles. The fourth-order valence-electron chi connectivity index (χ4n) is 1.04. The Balaban J connectivity index is 2.88. The summed E-state index contributed by atoms with van der Waals surface area (Å²) in [5.74, 6) is 0.491. The van der Waals surface area contributed by atoms with Gasteiger partial charge in [0.2, 0.25) is 0 Å². The summed E-state index contributed by atoms with van der Waals surface area (Å²) in [6.45, 7) is 1.85. The van der Waals surface area contributed by atoms with Crippen molar-refractivity contribution >= 4 is 23.1 Å². The van der Waals surface area contributed by atoms with Gasteiger partial charge in [-0.3, -0.25) is 0 Å². The van der Waals surface area contributed by atoms with Gasteiger partial charge >= 0.3 is 0 Å². The molecule has 62 valence electrons. The van der Waals surface area contributed by atoms with E-state index in [9.17, 15) is 0 Å². The molecule has 0 bridgehead atoms. The van der Waals surface area contributed by atoms with Crippen molar-refractivity contribution in [2.45, 2.75) is 6.92 Å². The van der Waals surface area contributed by atoms with E-state index in [2.05, 4.69) is 10.1 Å². The third kappa shape index (κ3) is 0.921. The van der Waals surface area contributed by atoms with Crippen molar-refractivity contribution in [1.82, 2.24) is 14.6 Å². The number of aromatic nitrogens is 3. The first-order chi connectivity index (χ1) is 5.68. The number of halogens is 1. The van der Waals surface area contributed by atoms with Gasteiger partial charge in [-0.05, 0) is 19.1 Å². The molecule has 2 heterocycles. The number of rotatable bonds is 0. The van der Waals surface area contributed by atoms with E-state index in [1.165, 1.54) is 0 Å². The number of nitrogens with zero attached hydrogens (tertiary/aromatic N) is 3. The van der Waals surface area contributed by atoms with Crippen LogP contribution in [0.5, 0.6) is 0 Å². The zero-order valence-electron chi connectivity index (χ0n) is 6.45. The Hall–Kier alpha value is -1.29. The van der Waals surface area contributed by atoms with Crippen LogP contribution in [0.1, 0.15) is 5.69 Å². The van der Waals surface area contributed by atoms with E-state index in [-0.39, 0.29) is 0 Å². The first kappa shape index (κ1) is 7.36.